The molecule has 0 spiro atoms. The van der Waals surface area contributed by atoms with Crippen molar-refractivity contribution < 1.29 is 16.9 Å². The molecule has 0 unspecified atom stereocenters. The topological polar surface area (TPSA) is 0 Å². The summed E-state index contributed by atoms with van der Waals surface area (Å²) in [5, 5.41) is 0. The molecule has 0 aromatic carbocycles. The first-order valence-electron chi connectivity index (χ1n) is 13.1. The number of nitrogens with zero attached hydrogens (tertiary/aromatic N) is 1. The van der Waals surface area contributed by atoms with Gasteiger partial charge in [-0.25, -0.2) is 0 Å². The summed E-state index contributed by atoms with van der Waals surface area (Å²) >= 11 is 0. The van der Waals surface area contributed by atoms with E-state index in [0.29, 0.717) is 0 Å². The van der Waals surface area contributed by atoms with Gasteiger partial charge < -0.3 is 16.9 Å². The predicted octanol–water partition coefficient (Wildman–Crippen LogP) is 5.66. The second kappa shape index (κ2) is 19.2. The van der Waals surface area contributed by atoms with Crippen molar-refractivity contribution >= 4 is 0 Å². The summed E-state index contributed by atoms with van der Waals surface area (Å²) in [6.07, 6.45) is 28.0. The third-order valence-corrected chi connectivity index (χ3v) is 7.57. The second-order valence-electron chi connectivity index (χ2n) is 9.46. The fourth-order valence-electron chi connectivity index (χ4n) is 5.49. The molecule has 28 heavy (non-hydrogen) atoms. The molecule has 0 bridgehead atoms. The molecule has 0 N–H and O–H groups in total. The van der Waals surface area contributed by atoms with E-state index in [4.69, 9.17) is 0 Å². The molecule has 1 aliphatic rings. The van der Waals surface area contributed by atoms with Gasteiger partial charge in [0.1, 0.15) is 0 Å². The van der Waals surface area contributed by atoms with Crippen molar-refractivity contribution in [1.29, 1.82) is 0 Å². The molecule has 0 aliphatic heterocycles. The molecular formula is C26H54ClN. The minimum atomic E-state index is 0. The van der Waals surface area contributed by atoms with E-state index in [9.17, 15) is 0 Å². The number of rotatable bonds is 18. The Kier molecular flexibility index (Phi) is 19.4. The van der Waals surface area contributed by atoms with E-state index in [2.05, 4.69) is 20.8 Å². The maximum absolute atomic E-state index is 2.45. The highest BCUT2D eigenvalue weighted by Gasteiger charge is 2.34. The molecule has 0 aromatic rings. The highest BCUT2D eigenvalue weighted by atomic mass is 35.5. The summed E-state index contributed by atoms with van der Waals surface area (Å²) in [5.41, 5.74) is 0. The minimum absolute atomic E-state index is 0. The molecule has 1 rings (SSSR count). The van der Waals surface area contributed by atoms with Gasteiger partial charge >= 0.3 is 0 Å². The van der Waals surface area contributed by atoms with E-state index in [1.807, 2.05) is 0 Å². The molecule has 0 saturated heterocycles. The van der Waals surface area contributed by atoms with Crippen LogP contribution in [0.1, 0.15) is 143 Å². The van der Waals surface area contributed by atoms with Crippen LogP contribution >= 0.6 is 0 Å². The summed E-state index contributed by atoms with van der Waals surface area (Å²) < 4.78 is 1.43. The molecule has 0 amide bonds. The number of quaternary nitrogens is 1. The van der Waals surface area contributed by atoms with Gasteiger partial charge in [0.05, 0.1) is 25.7 Å². The Hall–Kier alpha value is 0.250. The Balaban J connectivity index is 0.00000729. The van der Waals surface area contributed by atoms with Crippen molar-refractivity contribution in [3.63, 3.8) is 0 Å². The third-order valence-electron chi connectivity index (χ3n) is 7.57. The smallest absolute Gasteiger partial charge is 0.0890 e. The molecule has 1 nitrogen and oxygen atoms in total. The summed E-state index contributed by atoms with van der Waals surface area (Å²) in [6, 6.07) is 0.982. The first kappa shape index (κ1) is 28.2. The van der Waals surface area contributed by atoms with Crippen LogP contribution < -0.4 is 12.4 Å². The van der Waals surface area contributed by atoms with E-state index >= 15 is 0 Å². The van der Waals surface area contributed by atoms with Crippen molar-refractivity contribution in [3.05, 3.63) is 0 Å². The molecule has 170 valence electrons. The van der Waals surface area contributed by atoms with Crippen LogP contribution in [-0.2, 0) is 0 Å². The van der Waals surface area contributed by atoms with Crippen LogP contribution in [0.5, 0.6) is 0 Å². The van der Waals surface area contributed by atoms with E-state index in [1.54, 1.807) is 0 Å². The van der Waals surface area contributed by atoms with Gasteiger partial charge in [-0.2, -0.15) is 0 Å². The molecule has 0 heterocycles. The van der Waals surface area contributed by atoms with Gasteiger partial charge in [-0.05, 0) is 52.4 Å². The molecule has 0 atom stereocenters. The van der Waals surface area contributed by atoms with Crippen LogP contribution in [0.4, 0.5) is 0 Å². The van der Waals surface area contributed by atoms with Gasteiger partial charge in [0.2, 0.25) is 0 Å². The fourth-order valence-corrected chi connectivity index (χ4v) is 5.49. The van der Waals surface area contributed by atoms with Crippen LogP contribution in [-0.4, -0.2) is 30.2 Å². The lowest BCUT2D eigenvalue weighted by atomic mass is 9.91. The average Bonchev–Trinajstić information content (AvgIpc) is 2.72. The normalized spacial score (nSPS) is 15.5. The lowest BCUT2D eigenvalue weighted by molar-refractivity contribution is -0.949. The van der Waals surface area contributed by atoms with E-state index in [0.717, 1.165) is 6.04 Å². The van der Waals surface area contributed by atoms with Gasteiger partial charge in [-0.15, -0.1) is 0 Å². The van der Waals surface area contributed by atoms with Crippen molar-refractivity contribution in [1.82, 2.24) is 0 Å². The average molecular weight is 416 g/mol. The lowest BCUT2D eigenvalue weighted by Gasteiger charge is -2.45. The van der Waals surface area contributed by atoms with Crippen LogP contribution in [0, 0.1) is 0 Å². The molecular weight excluding hydrogens is 362 g/mol. The van der Waals surface area contributed by atoms with Crippen LogP contribution in [0.15, 0.2) is 0 Å². The minimum Gasteiger partial charge on any atom is -1.00 e. The molecule has 1 fully saturated rings. The van der Waals surface area contributed by atoms with Gasteiger partial charge in [-0.3, -0.25) is 0 Å². The molecule has 1 saturated carbocycles. The van der Waals surface area contributed by atoms with Crippen molar-refractivity contribution in [2.24, 2.45) is 0 Å². The first-order valence-corrected chi connectivity index (χ1v) is 13.1. The Morgan fingerprint density at radius 1 is 0.536 bits per heavy atom. The highest BCUT2D eigenvalue weighted by Crippen LogP contribution is 2.29. The monoisotopic (exact) mass is 415 g/mol. The summed E-state index contributed by atoms with van der Waals surface area (Å²) in [4.78, 5) is 0. The standard InChI is InChI=1S/C26H54N.ClH/c1-4-7-8-9-10-11-12-13-14-15-16-17-18-22-25-27(5-2,6-3)26-23-20-19-21-24-26;/h26H,4-25H2,1-3H3;1H/q+1;/p-1. The highest BCUT2D eigenvalue weighted by molar-refractivity contribution is 4.67. The molecule has 2 heteroatoms. The molecule has 1 aliphatic carbocycles. The number of halogens is 1. The largest absolute Gasteiger partial charge is 1.00 e. The third kappa shape index (κ3) is 12.1. The van der Waals surface area contributed by atoms with Crippen molar-refractivity contribution in [2.75, 3.05) is 19.6 Å². The van der Waals surface area contributed by atoms with Crippen molar-refractivity contribution in [2.45, 2.75) is 149 Å². The van der Waals surface area contributed by atoms with Crippen LogP contribution in [0.25, 0.3) is 0 Å². The van der Waals surface area contributed by atoms with Gasteiger partial charge in [0.15, 0.2) is 0 Å². The fraction of sp³-hybridized carbons (Fsp3) is 1.00. The Bertz CT molecular complexity index is 308. The van der Waals surface area contributed by atoms with Crippen LogP contribution in [0.3, 0.4) is 0 Å². The lowest BCUT2D eigenvalue weighted by Crippen LogP contribution is -3.00. The summed E-state index contributed by atoms with van der Waals surface area (Å²) in [6.45, 7) is 11.4. The Morgan fingerprint density at radius 2 is 0.929 bits per heavy atom. The van der Waals surface area contributed by atoms with E-state index in [-0.39, 0.29) is 12.4 Å². The predicted molar refractivity (Wildman–Crippen MR) is 123 cm³/mol. The summed E-state index contributed by atoms with van der Waals surface area (Å²) in [7, 11) is 0. The molecule has 0 aromatic heterocycles. The Labute approximate surface area is 185 Å². The summed E-state index contributed by atoms with van der Waals surface area (Å²) in [5.74, 6) is 0. The second-order valence-corrected chi connectivity index (χ2v) is 9.46. The maximum atomic E-state index is 2.45. The SMILES string of the molecule is CCCCCCCCCCCCCCCC[N+](CC)(CC)C1CCCCC1.[Cl-]. The van der Waals surface area contributed by atoms with Gasteiger partial charge in [0, 0.05) is 0 Å². The van der Waals surface area contributed by atoms with Crippen LogP contribution in [0.2, 0.25) is 0 Å². The maximum Gasteiger partial charge on any atom is 0.0890 e. The number of hydrogen-bond acceptors (Lipinski definition) is 0. The zero-order valence-corrected chi connectivity index (χ0v) is 20.7. The Morgan fingerprint density at radius 3 is 1.32 bits per heavy atom. The van der Waals surface area contributed by atoms with Crippen molar-refractivity contribution in [3.8, 4) is 0 Å². The zero-order valence-electron chi connectivity index (χ0n) is 20.0. The van der Waals surface area contributed by atoms with Gasteiger partial charge in [-0.1, -0.05) is 90.4 Å². The van der Waals surface area contributed by atoms with E-state index in [1.165, 1.54) is 146 Å². The first-order chi connectivity index (χ1) is 13.3. The van der Waals surface area contributed by atoms with E-state index < -0.39 is 0 Å². The molecule has 0 radical (unpaired) electrons. The zero-order chi connectivity index (χ0) is 19.6. The quantitative estimate of drug-likeness (QED) is 0.200. The van der Waals surface area contributed by atoms with Gasteiger partial charge in [0.25, 0.3) is 0 Å². The number of unbranched alkanes of at least 4 members (excludes halogenated alkanes) is 13. The number of hydrogen-bond donors (Lipinski definition) is 0.